The maximum absolute atomic E-state index is 9.49. The van der Waals surface area contributed by atoms with E-state index < -0.39 is 11.9 Å². The Balaban J connectivity index is -0.000000143. The zero-order valence-electron chi connectivity index (χ0n) is 7.36. The summed E-state index contributed by atoms with van der Waals surface area (Å²) in [6.45, 7) is 8.95. The van der Waals surface area contributed by atoms with Crippen molar-refractivity contribution in [2.75, 3.05) is 0 Å². The average Bonchev–Trinajstić information content (AvgIpc) is 1.88. The molecular formula is C8H10O4Pt. The van der Waals surface area contributed by atoms with Crippen LogP contribution in [0.4, 0.5) is 0 Å². The molecule has 0 aromatic heterocycles. The van der Waals surface area contributed by atoms with Crippen LogP contribution >= 0.6 is 0 Å². The molecule has 0 aliphatic heterocycles. The summed E-state index contributed by atoms with van der Waals surface area (Å²) in [5.74, 6) is -2.37. The summed E-state index contributed by atoms with van der Waals surface area (Å²) < 4.78 is 0. The number of carbonyl (C=O) groups is 2. The molecule has 0 aliphatic carbocycles. The van der Waals surface area contributed by atoms with Crippen molar-refractivity contribution in [2.24, 2.45) is 0 Å². The topological polar surface area (TPSA) is 80.3 Å². The van der Waals surface area contributed by atoms with E-state index in [2.05, 4.69) is 13.2 Å². The van der Waals surface area contributed by atoms with Crippen LogP contribution < -0.4 is 10.2 Å². The monoisotopic (exact) mass is 365 g/mol. The predicted molar refractivity (Wildman–Crippen MR) is 39.6 cm³/mol. The molecule has 0 radical (unpaired) electrons. The normalized spacial score (nSPS) is 6.92. The van der Waals surface area contributed by atoms with Crippen LogP contribution in [0.1, 0.15) is 13.8 Å². The van der Waals surface area contributed by atoms with Gasteiger partial charge in [-0.25, -0.2) is 0 Å². The van der Waals surface area contributed by atoms with Crippen molar-refractivity contribution in [3.05, 3.63) is 24.3 Å². The van der Waals surface area contributed by atoms with Crippen molar-refractivity contribution >= 4 is 11.9 Å². The molecule has 0 amide bonds. The standard InChI is InChI=1S/2C4H6O2.Pt/c2*1-3(2)4(5)6;/h2*1H2,2H3,(H,5,6);/q;;+2/p-2. The molecule has 0 saturated carbocycles. The number of carbonyl (C=O) groups excluding carboxylic acids is 2. The van der Waals surface area contributed by atoms with E-state index in [0.29, 0.717) is 0 Å². The molecular weight excluding hydrogens is 355 g/mol. The molecule has 0 unspecified atom stereocenters. The third-order valence-electron chi connectivity index (χ3n) is 0.697. The molecule has 76 valence electrons. The molecule has 0 fully saturated rings. The molecule has 0 heterocycles. The number of carboxylic acids is 2. The van der Waals surface area contributed by atoms with Gasteiger partial charge in [0.05, 0.1) is 11.9 Å². The first-order valence-corrected chi connectivity index (χ1v) is 3.02. The van der Waals surface area contributed by atoms with E-state index in [1.165, 1.54) is 13.8 Å². The molecule has 0 spiro atoms. The van der Waals surface area contributed by atoms with Gasteiger partial charge in [-0.15, -0.1) is 0 Å². The van der Waals surface area contributed by atoms with Crippen molar-refractivity contribution in [1.82, 2.24) is 0 Å². The van der Waals surface area contributed by atoms with E-state index in [-0.39, 0.29) is 32.2 Å². The minimum Gasteiger partial charge on any atom is -0.545 e. The third kappa shape index (κ3) is 18.2. The van der Waals surface area contributed by atoms with Gasteiger partial charge in [0, 0.05) is 0 Å². The average molecular weight is 365 g/mol. The Morgan fingerprint density at radius 3 is 1.00 bits per heavy atom. The van der Waals surface area contributed by atoms with Crippen LogP contribution in [0.25, 0.3) is 0 Å². The van der Waals surface area contributed by atoms with Gasteiger partial charge in [-0.1, -0.05) is 13.2 Å². The first kappa shape index (κ1) is 18.0. The van der Waals surface area contributed by atoms with Gasteiger partial charge in [0.2, 0.25) is 0 Å². The Kier molecular flexibility index (Phi) is 12.7. The maximum Gasteiger partial charge on any atom is 2.00 e. The molecule has 0 atom stereocenters. The van der Waals surface area contributed by atoms with Gasteiger partial charge in [-0.3, -0.25) is 0 Å². The second-order valence-corrected chi connectivity index (χ2v) is 2.14. The molecule has 4 nitrogen and oxygen atoms in total. The summed E-state index contributed by atoms with van der Waals surface area (Å²) in [4.78, 5) is 19.0. The zero-order chi connectivity index (χ0) is 10.3. The fourth-order valence-corrected chi connectivity index (χ4v) is 0. The summed E-state index contributed by atoms with van der Waals surface area (Å²) in [7, 11) is 0. The van der Waals surface area contributed by atoms with Gasteiger partial charge >= 0.3 is 21.1 Å². The Bertz CT molecular complexity index is 172. The Morgan fingerprint density at radius 2 is 1.00 bits per heavy atom. The molecule has 0 aliphatic rings. The molecule has 0 aromatic carbocycles. The summed E-state index contributed by atoms with van der Waals surface area (Å²) >= 11 is 0. The van der Waals surface area contributed by atoms with Crippen molar-refractivity contribution in [3.63, 3.8) is 0 Å². The fourth-order valence-electron chi connectivity index (χ4n) is 0. The van der Waals surface area contributed by atoms with E-state index in [1.54, 1.807) is 0 Å². The van der Waals surface area contributed by atoms with Gasteiger partial charge in [0.1, 0.15) is 0 Å². The van der Waals surface area contributed by atoms with E-state index in [4.69, 9.17) is 0 Å². The van der Waals surface area contributed by atoms with Crippen LogP contribution in [0, 0.1) is 0 Å². The van der Waals surface area contributed by atoms with Crippen molar-refractivity contribution in [3.8, 4) is 0 Å². The summed E-state index contributed by atoms with van der Waals surface area (Å²) in [6, 6.07) is 0. The number of hydrogen-bond acceptors (Lipinski definition) is 4. The second-order valence-electron chi connectivity index (χ2n) is 2.14. The van der Waals surface area contributed by atoms with Gasteiger partial charge in [0.15, 0.2) is 0 Å². The van der Waals surface area contributed by atoms with Crippen LogP contribution in [-0.4, -0.2) is 11.9 Å². The third-order valence-corrected chi connectivity index (χ3v) is 0.697. The molecule has 5 heteroatoms. The fraction of sp³-hybridized carbons (Fsp3) is 0.250. The largest absolute Gasteiger partial charge is 2.00 e. The summed E-state index contributed by atoms with van der Waals surface area (Å²) in [6.07, 6.45) is 0. The van der Waals surface area contributed by atoms with Crippen LogP contribution in [0.15, 0.2) is 24.3 Å². The molecule has 0 saturated heterocycles. The van der Waals surface area contributed by atoms with Crippen LogP contribution in [0.2, 0.25) is 0 Å². The Morgan fingerprint density at radius 1 is 0.923 bits per heavy atom. The van der Waals surface area contributed by atoms with Gasteiger partial charge in [-0.05, 0) is 25.0 Å². The van der Waals surface area contributed by atoms with Crippen molar-refractivity contribution < 1.29 is 40.9 Å². The zero-order valence-corrected chi connectivity index (χ0v) is 9.64. The van der Waals surface area contributed by atoms with Crippen molar-refractivity contribution in [2.45, 2.75) is 13.8 Å². The Labute approximate surface area is 91.2 Å². The SMILES string of the molecule is C=C(C)C(=O)[O-].C=C(C)C(=O)[O-].[Pt+2]. The first-order valence-electron chi connectivity index (χ1n) is 3.02. The van der Waals surface area contributed by atoms with Gasteiger partial charge in [-0.2, -0.15) is 0 Å². The Hall–Kier alpha value is -0.892. The second kappa shape index (κ2) is 9.20. The van der Waals surface area contributed by atoms with Crippen LogP contribution in [0.3, 0.4) is 0 Å². The minimum atomic E-state index is -1.19. The van der Waals surface area contributed by atoms with Crippen LogP contribution in [0.5, 0.6) is 0 Å². The molecule has 0 bridgehead atoms. The maximum atomic E-state index is 9.49. The van der Waals surface area contributed by atoms with Gasteiger partial charge in [0.25, 0.3) is 0 Å². The van der Waals surface area contributed by atoms with E-state index >= 15 is 0 Å². The number of hydrogen-bond donors (Lipinski definition) is 0. The van der Waals surface area contributed by atoms with Crippen molar-refractivity contribution in [1.29, 1.82) is 0 Å². The first-order chi connectivity index (χ1) is 5.29. The van der Waals surface area contributed by atoms with E-state index in [9.17, 15) is 19.8 Å². The minimum absolute atomic E-state index is 0. The molecule has 0 N–H and O–H groups in total. The number of carboxylic acid groups (broad SMARTS) is 2. The molecule has 0 rings (SSSR count). The molecule has 0 aromatic rings. The number of rotatable bonds is 2. The smallest absolute Gasteiger partial charge is 0.545 e. The quantitative estimate of drug-likeness (QED) is 0.565. The molecule has 13 heavy (non-hydrogen) atoms. The summed E-state index contributed by atoms with van der Waals surface area (Å²) in [5.41, 5.74) is 0.130. The van der Waals surface area contributed by atoms with E-state index in [1.807, 2.05) is 0 Å². The summed E-state index contributed by atoms with van der Waals surface area (Å²) in [5, 5.41) is 19.0. The van der Waals surface area contributed by atoms with E-state index in [0.717, 1.165) is 0 Å². The predicted octanol–water partition coefficient (Wildman–Crippen LogP) is -1.38. The van der Waals surface area contributed by atoms with Gasteiger partial charge < -0.3 is 19.8 Å². The number of aliphatic carboxylic acids is 2. The van der Waals surface area contributed by atoms with Crippen LogP contribution in [-0.2, 0) is 30.7 Å².